The molecule has 0 spiro atoms. The fraction of sp³-hybridized carbons (Fsp3) is 0. The van der Waals surface area contributed by atoms with Gasteiger partial charge in [0.2, 0.25) is 5.76 Å². The molecule has 50 valence electrons. The second-order valence-corrected chi connectivity index (χ2v) is 1.28. The molecule has 9 heavy (non-hydrogen) atoms. The smallest absolute Gasteiger partial charge is 0.371 e. The van der Waals surface area contributed by atoms with Crippen LogP contribution in [0.25, 0.3) is 0 Å². The molecule has 3 nitrogen and oxygen atoms in total. The number of furan rings is 1. The van der Waals surface area contributed by atoms with Gasteiger partial charge in [0.1, 0.15) is 0 Å². The van der Waals surface area contributed by atoms with Crippen molar-refractivity contribution in [2.45, 2.75) is 0 Å². The summed E-state index contributed by atoms with van der Waals surface area (Å²) >= 11 is 0. The molecule has 0 bridgehead atoms. The molecule has 1 heterocycles. The number of hydrogen-bond donors (Lipinski definition) is 1. The van der Waals surface area contributed by atoms with Gasteiger partial charge in [-0.15, -0.1) is 12.4 Å². The Kier molecular flexibility index (Phi) is 2.81. The Morgan fingerprint density at radius 3 is 2.56 bits per heavy atom. The minimum atomic E-state index is -1.03. The topological polar surface area (TPSA) is 50.4 Å². The van der Waals surface area contributed by atoms with E-state index in [1.807, 2.05) is 0 Å². The average molecular weight is 149 g/mol. The molecule has 0 amide bonds. The van der Waals surface area contributed by atoms with Crippen LogP contribution in [0.4, 0.5) is 0 Å². The molecule has 0 aliphatic carbocycles. The van der Waals surface area contributed by atoms with E-state index in [9.17, 15) is 4.79 Å². The van der Waals surface area contributed by atoms with Crippen LogP contribution in [0.2, 0.25) is 0 Å². The van der Waals surface area contributed by atoms with Crippen LogP contribution in [0.1, 0.15) is 10.6 Å². The van der Waals surface area contributed by atoms with E-state index in [-0.39, 0.29) is 18.2 Å². The molecule has 0 fully saturated rings. The molecule has 1 aromatic rings. The highest BCUT2D eigenvalue weighted by atomic mass is 35.5. The van der Waals surface area contributed by atoms with Crippen molar-refractivity contribution < 1.29 is 14.3 Å². The van der Waals surface area contributed by atoms with Gasteiger partial charge >= 0.3 is 5.97 Å². The second kappa shape index (κ2) is 3.14. The number of hydrogen-bond acceptors (Lipinski definition) is 2. The Hall–Kier alpha value is -0.960. The number of carboxylic acids is 1. The summed E-state index contributed by atoms with van der Waals surface area (Å²) in [4.78, 5) is 9.97. The van der Waals surface area contributed by atoms with Crippen molar-refractivity contribution in [3.05, 3.63) is 24.2 Å². The summed E-state index contributed by atoms with van der Waals surface area (Å²) in [6.07, 6.45) is 1.32. The Morgan fingerprint density at radius 2 is 2.33 bits per heavy atom. The summed E-state index contributed by atoms with van der Waals surface area (Å²) in [7, 11) is 0. The van der Waals surface area contributed by atoms with Gasteiger partial charge in [0.25, 0.3) is 0 Å². The zero-order chi connectivity index (χ0) is 5.98. The van der Waals surface area contributed by atoms with Crippen LogP contribution in [-0.2, 0) is 0 Å². The minimum Gasteiger partial charge on any atom is -0.475 e. The summed E-state index contributed by atoms with van der Waals surface area (Å²) in [5, 5.41) is 8.18. The molecule has 0 saturated heterocycles. The first kappa shape index (κ1) is 8.04. The van der Waals surface area contributed by atoms with Crippen molar-refractivity contribution >= 4 is 18.4 Å². The second-order valence-electron chi connectivity index (χ2n) is 1.28. The molecule has 0 unspecified atom stereocenters. The van der Waals surface area contributed by atoms with Crippen molar-refractivity contribution in [3.8, 4) is 0 Å². The van der Waals surface area contributed by atoms with E-state index in [1.165, 1.54) is 18.4 Å². The molecule has 0 radical (unpaired) electrons. The zero-order valence-electron chi connectivity index (χ0n) is 4.40. The maximum Gasteiger partial charge on any atom is 0.371 e. The predicted molar refractivity (Wildman–Crippen MR) is 32.9 cm³/mol. The van der Waals surface area contributed by atoms with E-state index >= 15 is 0 Å². The Morgan fingerprint density at radius 1 is 1.67 bits per heavy atom. The van der Waals surface area contributed by atoms with E-state index in [1.54, 1.807) is 0 Å². The first-order valence-electron chi connectivity index (χ1n) is 2.07. The van der Waals surface area contributed by atoms with Crippen molar-refractivity contribution in [2.24, 2.45) is 0 Å². The Balaban J connectivity index is 0.000000640. The fourth-order valence-corrected chi connectivity index (χ4v) is 0.400. The molecule has 1 N–H and O–H groups in total. The first-order valence-corrected chi connectivity index (χ1v) is 2.07. The summed E-state index contributed by atoms with van der Waals surface area (Å²) in [6, 6.07) is 2.92. The highest BCUT2D eigenvalue weighted by Gasteiger charge is 2.01. The maximum atomic E-state index is 9.97. The normalized spacial score (nSPS) is 8.00. The number of aromatic carboxylic acids is 1. The molecule has 0 aliphatic rings. The number of carboxylic acid groups (broad SMARTS) is 1. The van der Waals surface area contributed by atoms with Crippen molar-refractivity contribution in [1.29, 1.82) is 0 Å². The lowest BCUT2D eigenvalue weighted by Crippen LogP contribution is -1.90. The van der Waals surface area contributed by atoms with Crippen LogP contribution >= 0.6 is 12.4 Å². The lowest BCUT2D eigenvalue weighted by molar-refractivity contribution is 0.0662. The third-order valence-corrected chi connectivity index (χ3v) is 0.732. The van der Waals surface area contributed by atoms with Gasteiger partial charge in [-0.3, -0.25) is 0 Å². The number of halogens is 1. The summed E-state index contributed by atoms with van der Waals surface area (Å²) < 4.78 is 4.50. The summed E-state index contributed by atoms with van der Waals surface area (Å²) in [5.41, 5.74) is 0. The summed E-state index contributed by atoms with van der Waals surface area (Å²) in [5.74, 6) is -1.06. The minimum absolute atomic E-state index is 0. The first-order chi connectivity index (χ1) is 3.80. The quantitative estimate of drug-likeness (QED) is 0.655. The van der Waals surface area contributed by atoms with Gasteiger partial charge in [-0.2, -0.15) is 0 Å². The van der Waals surface area contributed by atoms with E-state index in [0.717, 1.165) is 0 Å². The van der Waals surface area contributed by atoms with E-state index in [0.29, 0.717) is 0 Å². The highest BCUT2D eigenvalue weighted by molar-refractivity contribution is 5.85. The number of rotatable bonds is 1. The molecular formula is C5H5ClO3. The monoisotopic (exact) mass is 148 g/mol. The van der Waals surface area contributed by atoms with Crippen molar-refractivity contribution in [2.75, 3.05) is 0 Å². The van der Waals surface area contributed by atoms with Gasteiger partial charge in [-0.25, -0.2) is 4.79 Å². The van der Waals surface area contributed by atoms with Crippen LogP contribution in [0.5, 0.6) is 0 Å². The van der Waals surface area contributed by atoms with Gasteiger partial charge in [-0.1, -0.05) is 0 Å². The van der Waals surface area contributed by atoms with Gasteiger partial charge < -0.3 is 9.52 Å². The van der Waals surface area contributed by atoms with E-state index in [2.05, 4.69) is 4.42 Å². The van der Waals surface area contributed by atoms with Gasteiger partial charge in [0, 0.05) is 0 Å². The van der Waals surface area contributed by atoms with Gasteiger partial charge in [0.05, 0.1) is 6.26 Å². The summed E-state index contributed by atoms with van der Waals surface area (Å²) in [6.45, 7) is 0. The van der Waals surface area contributed by atoms with Crippen LogP contribution in [0, 0.1) is 0 Å². The molecular weight excluding hydrogens is 144 g/mol. The predicted octanol–water partition coefficient (Wildman–Crippen LogP) is 1.40. The lowest BCUT2D eigenvalue weighted by Gasteiger charge is -1.79. The van der Waals surface area contributed by atoms with Crippen LogP contribution in [-0.4, -0.2) is 11.1 Å². The molecule has 0 saturated carbocycles. The van der Waals surface area contributed by atoms with Gasteiger partial charge in [-0.05, 0) is 12.1 Å². The molecule has 4 heteroatoms. The third kappa shape index (κ3) is 1.77. The van der Waals surface area contributed by atoms with Crippen LogP contribution in [0.3, 0.4) is 0 Å². The number of carbonyl (C=O) groups is 1. The molecule has 0 aromatic carbocycles. The van der Waals surface area contributed by atoms with Crippen LogP contribution in [0.15, 0.2) is 22.8 Å². The zero-order valence-corrected chi connectivity index (χ0v) is 5.22. The van der Waals surface area contributed by atoms with Crippen molar-refractivity contribution in [1.82, 2.24) is 0 Å². The molecule has 0 atom stereocenters. The lowest BCUT2D eigenvalue weighted by atomic mass is 10.5. The fourth-order valence-electron chi connectivity index (χ4n) is 0.400. The average Bonchev–Trinajstić information content (AvgIpc) is 2.12. The highest BCUT2D eigenvalue weighted by Crippen LogP contribution is 1.97. The molecule has 1 rings (SSSR count). The van der Waals surface area contributed by atoms with Gasteiger partial charge in [0.15, 0.2) is 0 Å². The molecule has 1 aromatic heterocycles. The third-order valence-electron chi connectivity index (χ3n) is 0.732. The van der Waals surface area contributed by atoms with Crippen molar-refractivity contribution in [3.63, 3.8) is 0 Å². The Bertz CT molecular complexity index is 180. The van der Waals surface area contributed by atoms with E-state index < -0.39 is 5.97 Å². The van der Waals surface area contributed by atoms with E-state index in [4.69, 9.17) is 5.11 Å². The Labute approximate surface area is 57.7 Å². The van der Waals surface area contributed by atoms with Crippen LogP contribution < -0.4 is 0 Å². The SMILES string of the molecule is Cl.O=C(O)c1ccco1. The standard InChI is InChI=1S/C5H4O3.ClH/c6-5(7)4-2-1-3-8-4;/h1-3H,(H,6,7);1H. The largest absolute Gasteiger partial charge is 0.475 e. The molecule has 0 aliphatic heterocycles. The maximum absolute atomic E-state index is 9.97.